The van der Waals surface area contributed by atoms with E-state index in [4.69, 9.17) is 9.47 Å². The van der Waals surface area contributed by atoms with Crippen LogP contribution in [0.5, 0.6) is 0 Å². The first-order chi connectivity index (χ1) is 8.65. The molecule has 1 N–H and O–H groups in total. The van der Waals surface area contributed by atoms with Crippen LogP contribution in [-0.4, -0.2) is 32.0 Å². The second kappa shape index (κ2) is 5.67. The molecule has 0 spiro atoms. The van der Waals surface area contributed by atoms with E-state index < -0.39 is 0 Å². The Balaban J connectivity index is 1.96. The maximum absolute atomic E-state index is 13.2. The van der Waals surface area contributed by atoms with E-state index in [1.807, 2.05) is 13.0 Å². The Morgan fingerprint density at radius 3 is 2.83 bits per heavy atom. The summed E-state index contributed by atoms with van der Waals surface area (Å²) in [4.78, 5) is 0. The summed E-state index contributed by atoms with van der Waals surface area (Å²) in [5, 5.41) is 3.36. The molecular formula is C14H20FNO2. The molecule has 0 saturated heterocycles. The van der Waals surface area contributed by atoms with Gasteiger partial charge in [-0.05, 0) is 44.0 Å². The highest BCUT2D eigenvalue weighted by atomic mass is 19.1. The molecule has 18 heavy (non-hydrogen) atoms. The van der Waals surface area contributed by atoms with Crippen LogP contribution < -0.4 is 5.32 Å². The van der Waals surface area contributed by atoms with Gasteiger partial charge in [0.25, 0.3) is 0 Å². The van der Waals surface area contributed by atoms with Crippen molar-refractivity contribution >= 4 is 5.69 Å². The lowest BCUT2D eigenvalue weighted by Gasteiger charge is -2.43. The lowest BCUT2D eigenvalue weighted by atomic mass is 9.85. The largest absolute Gasteiger partial charge is 0.379 e. The molecule has 100 valence electrons. The van der Waals surface area contributed by atoms with Crippen molar-refractivity contribution in [1.29, 1.82) is 0 Å². The predicted octanol–water partition coefficient (Wildman–Crippen LogP) is 2.74. The molecule has 0 bridgehead atoms. The highest BCUT2D eigenvalue weighted by Gasteiger charge is 2.42. The fraction of sp³-hybridized carbons (Fsp3) is 0.571. The predicted molar refractivity (Wildman–Crippen MR) is 69.4 cm³/mol. The van der Waals surface area contributed by atoms with E-state index in [1.165, 1.54) is 6.07 Å². The Labute approximate surface area is 107 Å². The molecule has 0 aliphatic heterocycles. The van der Waals surface area contributed by atoms with Crippen molar-refractivity contribution in [3.63, 3.8) is 0 Å². The molecule has 0 amide bonds. The van der Waals surface area contributed by atoms with E-state index in [1.54, 1.807) is 20.1 Å². The van der Waals surface area contributed by atoms with Crippen molar-refractivity contribution in [2.24, 2.45) is 0 Å². The third kappa shape index (κ3) is 2.65. The van der Waals surface area contributed by atoms with Gasteiger partial charge in [0.15, 0.2) is 0 Å². The molecule has 0 heterocycles. The lowest BCUT2D eigenvalue weighted by Crippen LogP contribution is -2.56. The van der Waals surface area contributed by atoms with Gasteiger partial charge in [-0.3, -0.25) is 0 Å². The molecule has 1 saturated carbocycles. The summed E-state index contributed by atoms with van der Waals surface area (Å²) in [5.74, 6) is -0.176. The number of halogens is 1. The maximum atomic E-state index is 13.2. The van der Waals surface area contributed by atoms with Gasteiger partial charge in [-0.1, -0.05) is 0 Å². The van der Waals surface area contributed by atoms with E-state index in [-0.39, 0.29) is 24.1 Å². The Morgan fingerprint density at radius 2 is 2.22 bits per heavy atom. The maximum Gasteiger partial charge on any atom is 0.126 e. The monoisotopic (exact) mass is 253 g/mol. The van der Waals surface area contributed by atoms with Gasteiger partial charge in [-0.2, -0.15) is 0 Å². The molecular weight excluding hydrogens is 233 g/mol. The molecule has 1 aromatic carbocycles. The standard InChI is InChI=1S/C14H20FNO2/c1-4-18-13-8-12(14(13)17-3)16-10-5-6-11(15)9(2)7-10/h5-7,12-14,16H,4,8H2,1-3H3. The van der Waals surface area contributed by atoms with E-state index in [0.29, 0.717) is 12.2 Å². The third-order valence-corrected chi connectivity index (χ3v) is 3.41. The zero-order chi connectivity index (χ0) is 13.1. The summed E-state index contributed by atoms with van der Waals surface area (Å²) in [7, 11) is 1.69. The average Bonchev–Trinajstić information content (AvgIpc) is 2.32. The zero-order valence-corrected chi connectivity index (χ0v) is 11.1. The Morgan fingerprint density at radius 1 is 1.44 bits per heavy atom. The van der Waals surface area contributed by atoms with Crippen LogP contribution in [0, 0.1) is 12.7 Å². The SMILES string of the molecule is CCOC1CC(Nc2ccc(F)c(C)c2)C1OC. The van der Waals surface area contributed by atoms with E-state index >= 15 is 0 Å². The number of hydrogen-bond acceptors (Lipinski definition) is 3. The summed E-state index contributed by atoms with van der Waals surface area (Å²) in [6.45, 7) is 4.45. The minimum Gasteiger partial charge on any atom is -0.379 e. The van der Waals surface area contributed by atoms with E-state index in [2.05, 4.69) is 5.32 Å². The molecule has 1 aromatic rings. The van der Waals surface area contributed by atoms with Gasteiger partial charge in [0, 0.05) is 19.4 Å². The molecule has 3 unspecified atom stereocenters. The Kier molecular flexibility index (Phi) is 4.19. The fourth-order valence-corrected chi connectivity index (χ4v) is 2.36. The molecule has 3 atom stereocenters. The van der Waals surface area contributed by atoms with Crippen molar-refractivity contribution in [3.05, 3.63) is 29.6 Å². The van der Waals surface area contributed by atoms with Crippen LogP contribution in [-0.2, 0) is 9.47 Å². The fourth-order valence-electron chi connectivity index (χ4n) is 2.36. The number of rotatable bonds is 5. The molecule has 2 rings (SSSR count). The topological polar surface area (TPSA) is 30.5 Å². The molecule has 1 fully saturated rings. The van der Waals surface area contributed by atoms with Crippen molar-refractivity contribution < 1.29 is 13.9 Å². The second-order valence-corrected chi connectivity index (χ2v) is 4.64. The highest BCUT2D eigenvalue weighted by Crippen LogP contribution is 2.30. The smallest absolute Gasteiger partial charge is 0.126 e. The summed E-state index contributed by atoms with van der Waals surface area (Å²) in [5.41, 5.74) is 1.57. The Hall–Kier alpha value is -1.13. The normalized spacial score (nSPS) is 26.8. The van der Waals surface area contributed by atoms with Gasteiger partial charge in [-0.25, -0.2) is 4.39 Å². The number of benzene rings is 1. The minimum atomic E-state index is -0.176. The van der Waals surface area contributed by atoms with Crippen LogP contribution in [0.3, 0.4) is 0 Å². The first kappa shape index (κ1) is 13.3. The van der Waals surface area contributed by atoms with Crippen molar-refractivity contribution in [1.82, 2.24) is 0 Å². The van der Waals surface area contributed by atoms with Crippen molar-refractivity contribution in [3.8, 4) is 0 Å². The first-order valence-electron chi connectivity index (χ1n) is 6.32. The summed E-state index contributed by atoms with van der Waals surface area (Å²) >= 11 is 0. The molecule has 0 aromatic heterocycles. The van der Waals surface area contributed by atoms with E-state index in [9.17, 15) is 4.39 Å². The van der Waals surface area contributed by atoms with Crippen LogP contribution in [0.2, 0.25) is 0 Å². The summed E-state index contributed by atoms with van der Waals surface area (Å²) in [6, 6.07) is 5.29. The van der Waals surface area contributed by atoms with Gasteiger partial charge in [0.1, 0.15) is 11.9 Å². The number of anilines is 1. The summed E-state index contributed by atoms with van der Waals surface area (Å²) < 4.78 is 24.2. The summed E-state index contributed by atoms with van der Waals surface area (Å²) in [6.07, 6.45) is 1.15. The quantitative estimate of drug-likeness (QED) is 0.875. The van der Waals surface area contributed by atoms with Gasteiger partial charge < -0.3 is 14.8 Å². The van der Waals surface area contributed by atoms with Crippen LogP contribution in [0.4, 0.5) is 10.1 Å². The van der Waals surface area contributed by atoms with Gasteiger partial charge in [0.2, 0.25) is 0 Å². The Bertz CT molecular complexity index is 411. The first-order valence-corrected chi connectivity index (χ1v) is 6.32. The van der Waals surface area contributed by atoms with Crippen LogP contribution in [0.15, 0.2) is 18.2 Å². The number of methoxy groups -OCH3 is 1. The van der Waals surface area contributed by atoms with Crippen LogP contribution >= 0.6 is 0 Å². The minimum absolute atomic E-state index is 0.0651. The number of hydrogen-bond donors (Lipinski definition) is 1. The molecule has 0 radical (unpaired) electrons. The molecule has 4 heteroatoms. The molecule has 3 nitrogen and oxygen atoms in total. The highest BCUT2D eigenvalue weighted by molar-refractivity contribution is 5.47. The number of aryl methyl sites for hydroxylation is 1. The molecule has 1 aliphatic rings. The van der Waals surface area contributed by atoms with Gasteiger partial charge in [-0.15, -0.1) is 0 Å². The van der Waals surface area contributed by atoms with Crippen LogP contribution in [0.1, 0.15) is 18.9 Å². The van der Waals surface area contributed by atoms with Gasteiger partial charge >= 0.3 is 0 Å². The zero-order valence-electron chi connectivity index (χ0n) is 11.1. The average molecular weight is 253 g/mol. The van der Waals surface area contributed by atoms with Crippen molar-refractivity contribution in [2.45, 2.75) is 38.5 Å². The second-order valence-electron chi connectivity index (χ2n) is 4.64. The van der Waals surface area contributed by atoms with Gasteiger partial charge in [0.05, 0.1) is 12.1 Å². The van der Waals surface area contributed by atoms with E-state index in [0.717, 1.165) is 12.1 Å². The van der Waals surface area contributed by atoms with Crippen LogP contribution in [0.25, 0.3) is 0 Å². The number of ether oxygens (including phenoxy) is 2. The third-order valence-electron chi connectivity index (χ3n) is 3.41. The number of nitrogens with one attached hydrogen (secondary N) is 1. The molecule has 1 aliphatic carbocycles. The van der Waals surface area contributed by atoms with Crippen molar-refractivity contribution in [2.75, 3.05) is 19.0 Å². The lowest BCUT2D eigenvalue weighted by molar-refractivity contribution is -0.118.